The standard InChI is InChI=1S/C29H36N4O4S/c1-17-15-25(38-4)23(27(34)31-17)16-30-28(35)26-19(3)33(24-8-6-5-7-22(24)26)18(2)20-9-11-21(12-10-20)32-13-14-37-29(32)36/h5-8,15,18,20-21H,9-14,16H2,1-4H3,(H,30,35)(H,31,34). The van der Waals surface area contributed by atoms with Crippen LogP contribution in [0.2, 0.25) is 0 Å². The topological polar surface area (TPSA) is 96.4 Å². The Morgan fingerprint density at radius 2 is 1.92 bits per heavy atom. The predicted molar refractivity (Wildman–Crippen MR) is 150 cm³/mol. The normalized spacial score (nSPS) is 20.5. The first kappa shape index (κ1) is 26.4. The molecular formula is C29H36N4O4S. The van der Waals surface area contributed by atoms with Gasteiger partial charge in [0.25, 0.3) is 11.5 Å². The number of para-hydroxylation sites is 1. The van der Waals surface area contributed by atoms with Crippen molar-refractivity contribution in [2.24, 2.45) is 5.92 Å². The lowest BCUT2D eigenvalue weighted by atomic mass is 9.81. The highest BCUT2D eigenvalue weighted by atomic mass is 32.2. The summed E-state index contributed by atoms with van der Waals surface area (Å²) in [5, 5.41) is 3.94. The summed E-state index contributed by atoms with van der Waals surface area (Å²) in [5.41, 5.74) is 3.85. The van der Waals surface area contributed by atoms with Crippen LogP contribution in [0.15, 0.2) is 40.0 Å². The molecule has 8 nitrogen and oxygen atoms in total. The van der Waals surface area contributed by atoms with Crippen LogP contribution in [0.3, 0.4) is 0 Å². The quantitative estimate of drug-likeness (QED) is 0.406. The van der Waals surface area contributed by atoms with E-state index in [9.17, 15) is 14.4 Å². The molecular weight excluding hydrogens is 500 g/mol. The largest absolute Gasteiger partial charge is 0.448 e. The molecule has 2 amide bonds. The molecule has 5 rings (SSSR count). The van der Waals surface area contributed by atoms with Crippen LogP contribution in [-0.2, 0) is 11.3 Å². The molecule has 9 heteroatoms. The summed E-state index contributed by atoms with van der Waals surface area (Å²) < 4.78 is 7.46. The van der Waals surface area contributed by atoms with Crippen molar-refractivity contribution in [2.45, 2.75) is 70.0 Å². The number of pyridine rings is 1. The number of cyclic esters (lactones) is 1. The van der Waals surface area contributed by atoms with Crippen molar-refractivity contribution in [2.75, 3.05) is 19.4 Å². The number of hydrogen-bond donors (Lipinski definition) is 2. The van der Waals surface area contributed by atoms with Gasteiger partial charge >= 0.3 is 6.09 Å². The minimum atomic E-state index is -0.179. The molecule has 1 atom stereocenters. The summed E-state index contributed by atoms with van der Waals surface area (Å²) in [6.45, 7) is 7.47. The average molecular weight is 537 g/mol. The molecule has 202 valence electrons. The number of amides is 2. The molecule has 1 aliphatic carbocycles. The van der Waals surface area contributed by atoms with E-state index in [1.165, 1.54) is 11.8 Å². The molecule has 2 N–H and O–H groups in total. The molecule has 1 saturated carbocycles. The number of nitrogens with one attached hydrogen (secondary N) is 2. The molecule has 3 aromatic rings. The summed E-state index contributed by atoms with van der Waals surface area (Å²) in [5.74, 6) is 0.276. The van der Waals surface area contributed by atoms with E-state index in [0.717, 1.165) is 52.9 Å². The second-order valence-corrected chi connectivity index (χ2v) is 11.3. The molecule has 0 spiro atoms. The smallest absolute Gasteiger partial charge is 0.410 e. The number of aromatic nitrogens is 2. The van der Waals surface area contributed by atoms with Crippen LogP contribution < -0.4 is 10.9 Å². The van der Waals surface area contributed by atoms with Gasteiger partial charge in [-0.3, -0.25) is 9.59 Å². The van der Waals surface area contributed by atoms with Gasteiger partial charge in [0.1, 0.15) is 6.61 Å². The molecule has 1 aromatic carbocycles. The Morgan fingerprint density at radius 1 is 1.18 bits per heavy atom. The highest BCUT2D eigenvalue weighted by Gasteiger charge is 2.35. The highest BCUT2D eigenvalue weighted by molar-refractivity contribution is 7.98. The Morgan fingerprint density at radius 3 is 2.61 bits per heavy atom. The molecule has 38 heavy (non-hydrogen) atoms. The minimum absolute atomic E-state index is 0.166. The second-order valence-electron chi connectivity index (χ2n) is 10.5. The number of carbonyl (C=O) groups is 2. The van der Waals surface area contributed by atoms with Gasteiger partial charge < -0.3 is 24.5 Å². The maximum atomic E-state index is 13.6. The number of ether oxygens (including phenoxy) is 1. The van der Waals surface area contributed by atoms with Crippen LogP contribution in [0.25, 0.3) is 10.9 Å². The number of rotatable bonds is 7. The zero-order valence-electron chi connectivity index (χ0n) is 22.5. The Hall–Kier alpha value is -3.20. The summed E-state index contributed by atoms with van der Waals surface area (Å²) in [7, 11) is 0. The van der Waals surface area contributed by atoms with E-state index in [2.05, 4.69) is 27.9 Å². The van der Waals surface area contributed by atoms with E-state index in [1.807, 2.05) is 49.3 Å². The fourth-order valence-electron chi connectivity index (χ4n) is 6.34. The number of fused-ring (bicyclic) bond motifs is 1. The Bertz CT molecular complexity index is 1420. The van der Waals surface area contributed by atoms with Crippen LogP contribution in [0.5, 0.6) is 0 Å². The Balaban J connectivity index is 1.37. The molecule has 0 bridgehead atoms. The number of thioether (sulfide) groups is 1. The number of nitrogens with zero attached hydrogens (tertiary/aromatic N) is 2. The fraction of sp³-hybridized carbons (Fsp3) is 0.483. The Kier molecular flexibility index (Phi) is 7.56. The number of aryl methyl sites for hydroxylation is 1. The van der Waals surface area contributed by atoms with Crippen molar-refractivity contribution >= 4 is 34.7 Å². The summed E-state index contributed by atoms with van der Waals surface area (Å²) >= 11 is 1.50. The third-order valence-corrected chi connectivity index (χ3v) is 9.13. The number of carbonyl (C=O) groups excluding carboxylic acids is 2. The van der Waals surface area contributed by atoms with Gasteiger partial charge in [-0.25, -0.2) is 4.79 Å². The molecule has 3 heterocycles. The number of hydrogen-bond acceptors (Lipinski definition) is 5. The minimum Gasteiger partial charge on any atom is -0.448 e. The first-order valence-corrected chi connectivity index (χ1v) is 14.6. The lowest BCUT2D eigenvalue weighted by Crippen LogP contribution is -2.39. The lowest BCUT2D eigenvalue weighted by Gasteiger charge is -2.36. The third-order valence-electron chi connectivity index (χ3n) is 8.32. The number of benzene rings is 1. The maximum absolute atomic E-state index is 13.6. The van der Waals surface area contributed by atoms with E-state index in [0.29, 0.717) is 30.2 Å². The van der Waals surface area contributed by atoms with E-state index < -0.39 is 0 Å². The zero-order chi connectivity index (χ0) is 27.0. The van der Waals surface area contributed by atoms with Crippen molar-refractivity contribution in [1.82, 2.24) is 19.8 Å². The van der Waals surface area contributed by atoms with Gasteiger partial charge in [-0.15, -0.1) is 11.8 Å². The van der Waals surface area contributed by atoms with Gasteiger partial charge in [-0.05, 0) is 70.8 Å². The number of H-pyrrole nitrogens is 1. The zero-order valence-corrected chi connectivity index (χ0v) is 23.3. The van der Waals surface area contributed by atoms with Gasteiger partial charge in [-0.2, -0.15) is 0 Å². The van der Waals surface area contributed by atoms with Crippen LogP contribution in [0, 0.1) is 19.8 Å². The summed E-state index contributed by atoms with van der Waals surface area (Å²) in [6.07, 6.45) is 5.75. The molecule has 2 fully saturated rings. The predicted octanol–water partition coefficient (Wildman–Crippen LogP) is 5.17. The lowest BCUT2D eigenvalue weighted by molar-refractivity contribution is 0.0951. The van der Waals surface area contributed by atoms with Crippen molar-refractivity contribution in [1.29, 1.82) is 0 Å². The fourth-order valence-corrected chi connectivity index (χ4v) is 7.04. The van der Waals surface area contributed by atoms with Crippen molar-refractivity contribution in [3.8, 4) is 0 Å². The SMILES string of the molecule is CSc1cc(C)[nH]c(=O)c1CNC(=O)c1c(C)n(C(C)C2CCC(N3CCOC3=O)CC2)c2ccccc12. The molecule has 1 aliphatic heterocycles. The number of aromatic amines is 1. The van der Waals surface area contributed by atoms with E-state index in [4.69, 9.17) is 4.74 Å². The maximum Gasteiger partial charge on any atom is 0.410 e. The van der Waals surface area contributed by atoms with Crippen molar-refractivity contribution < 1.29 is 14.3 Å². The van der Waals surface area contributed by atoms with Crippen LogP contribution >= 0.6 is 11.8 Å². The first-order valence-electron chi connectivity index (χ1n) is 13.4. The first-order chi connectivity index (χ1) is 18.3. The highest BCUT2D eigenvalue weighted by Crippen LogP contribution is 2.39. The molecule has 2 aliphatic rings. The van der Waals surface area contributed by atoms with Gasteiger partial charge in [0, 0.05) is 51.4 Å². The van der Waals surface area contributed by atoms with E-state index >= 15 is 0 Å². The van der Waals surface area contributed by atoms with Crippen molar-refractivity contribution in [3.05, 3.63) is 63.2 Å². The van der Waals surface area contributed by atoms with Gasteiger partial charge in [0.15, 0.2) is 0 Å². The van der Waals surface area contributed by atoms with E-state index in [-0.39, 0.29) is 36.2 Å². The molecule has 1 saturated heterocycles. The third kappa shape index (κ3) is 4.84. The molecule has 1 unspecified atom stereocenters. The summed E-state index contributed by atoms with van der Waals surface area (Å²) in [4.78, 5) is 43.8. The average Bonchev–Trinajstić information content (AvgIpc) is 3.47. The van der Waals surface area contributed by atoms with Crippen LogP contribution in [0.4, 0.5) is 4.79 Å². The van der Waals surface area contributed by atoms with Gasteiger partial charge in [0.05, 0.1) is 12.1 Å². The van der Waals surface area contributed by atoms with Crippen LogP contribution in [0.1, 0.15) is 66.0 Å². The Labute approximate surface area is 227 Å². The van der Waals surface area contributed by atoms with Gasteiger partial charge in [0.2, 0.25) is 0 Å². The van der Waals surface area contributed by atoms with Crippen LogP contribution in [-0.4, -0.2) is 51.9 Å². The molecule has 0 radical (unpaired) electrons. The van der Waals surface area contributed by atoms with E-state index in [1.54, 1.807) is 0 Å². The summed E-state index contributed by atoms with van der Waals surface area (Å²) in [6, 6.07) is 10.5. The second kappa shape index (κ2) is 10.9. The monoisotopic (exact) mass is 536 g/mol. The molecule has 2 aromatic heterocycles. The van der Waals surface area contributed by atoms with Crippen molar-refractivity contribution in [3.63, 3.8) is 0 Å². The van der Waals surface area contributed by atoms with Gasteiger partial charge in [-0.1, -0.05) is 18.2 Å².